The number of nitrogens with one attached hydrogen (secondary N) is 1. The molecule has 0 spiro atoms. The topological polar surface area (TPSA) is 75.6 Å². The number of carbonyl (C=O) groups excluding carboxylic acids is 1. The van der Waals surface area contributed by atoms with E-state index in [9.17, 15) is 14.7 Å². The molecule has 3 aromatic rings. The molecule has 1 aliphatic carbocycles. The SMILES string of the molecule is Cc1ccc([C@H](CC(=O)O)NC(=O)OCC2c3ccccc3-c3ccccc32)cc1C. The Hall–Kier alpha value is -3.60. The molecular weight excluding hydrogens is 390 g/mol. The van der Waals surface area contributed by atoms with Gasteiger partial charge in [-0.3, -0.25) is 4.79 Å². The number of hydrogen-bond donors (Lipinski definition) is 2. The molecule has 1 atom stereocenters. The Labute approximate surface area is 181 Å². The molecule has 0 bridgehead atoms. The largest absolute Gasteiger partial charge is 0.481 e. The first-order chi connectivity index (χ1) is 14.9. The van der Waals surface area contributed by atoms with Crippen molar-refractivity contribution < 1.29 is 19.4 Å². The maximum Gasteiger partial charge on any atom is 0.407 e. The zero-order valence-electron chi connectivity index (χ0n) is 17.6. The van der Waals surface area contributed by atoms with Gasteiger partial charge < -0.3 is 15.2 Å². The van der Waals surface area contributed by atoms with Gasteiger partial charge in [0.1, 0.15) is 6.61 Å². The molecule has 3 aromatic carbocycles. The molecule has 0 fully saturated rings. The van der Waals surface area contributed by atoms with E-state index in [0.717, 1.165) is 38.9 Å². The molecule has 1 amide bonds. The molecule has 2 N–H and O–H groups in total. The molecule has 1 aliphatic rings. The van der Waals surface area contributed by atoms with E-state index in [4.69, 9.17) is 4.74 Å². The van der Waals surface area contributed by atoms with Gasteiger partial charge in [0, 0.05) is 5.92 Å². The van der Waals surface area contributed by atoms with Crippen LogP contribution in [0.3, 0.4) is 0 Å². The van der Waals surface area contributed by atoms with E-state index >= 15 is 0 Å². The smallest absolute Gasteiger partial charge is 0.407 e. The Morgan fingerprint density at radius 2 is 1.55 bits per heavy atom. The second-order valence-corrected chi connectivity index (χ2v) is 7.96. The van der Waals surface area contributed by atoms with E-state index in [-0.39, 0.29) is 18.9 Å². The molecule has 158 valence electrons. The lowest BCUT2D eigenvalue weighted by atomic mass is 9.98. The Kier molecular flexibility index (Phi) is 5.76. The summed E-state index contributed by atoms with van der Waals surface area (Å²) in [7, 11) is 0. The molecule has 4 rings (SSSR count). The number of aliphatic carboxylic acids is 1. The number of benzene rings is 3. The van der Waals surface area contributed by atoms with Crippen molar-refractivity contribution in [3.8, 4) is 11.1 Å². The van der Waals surface area contributed by atoms with Crippen LogP contribution in [0.15, 0.2) is 66.7 Å². The molecule has 0 unspecified atom stereocenters. The summed E-state index contributed by atoms with van der Waals surface area (Å²) in [5, 5.41) is 12.1. The fourth-order valence-electron chi connectivity index (χ4n) is 4.19. The number of rotatable bonds is 6. The number of carboxylic acids is 1. The summed E-state index contributed by atoms with van der Waals surface area (Å²) in [5.41, 5.74) is 7.48. The first kappa shape index (κ1) is 20.7. The van der Waals surface area contributed by atoms with Crippen LogP contribution in [-0.4, -0.2) is 23.8 Å². The summed E-state index contributed by atoms with van der Waals surface area (Å²) in [6, 6.07) is 21.3. The summed E-state index contributed by atoms with van der Waals surface area (Å²) in [6.45, 7) is 4.14. The number of hydrogen-bond acceptors (Lipinski definition) is 3. The number of amides is 1. The van der Waals surface area contributed by atoms with Gasteiger partial charge in [-0.25, -0.2) is 4.79 Å². The quantitative estimate of drug-likeness (QED) is 0.568. The van der Waals surface area contributed by atoms with Crippen LogP contribution in [-0.2, 0) is 9.53 Å². The van der Waals surface area contributed by atoms with Crippen LogP contribution in [0, 0.1) is 13.8 Å². The van der Waals surface area contributed by atoms with Gasteiger partial charge in [-0.05, 0) is 52.8 Å². The van der Waals surface area contributed by atoms with Gasteiger partial charge in [0.2, 0.25) is 0 Å². The van der Waals surface area contributed by atoms with E-state index in [0.29, 0.717) is 0 Å². The third-order valence-corrected chi connectivity index (χ3v) is 5.95. The van der Waals surface area contributed by atoms with E-state index in [1.54, 1.807) is 0 Å². The summed E-state index contributed by atoms with van der Waals surface area (Å²) in [6.07, 6.45) is -0.835. The minimum absolute atomic E-state index is 0.0438. The maximum absolute atomic E-state index is 12.6. The van der Waals surface area contributed by atoms with E-state index in [2.05, 4.69) is 29.6 Å². The number of fused-ring (bicyclic) bond motifs is 3. The zero-order valence-corrected chi connectivity index (χ0v) is 17.6. The van der Waals surface area contributed by atoms with Crippen LogP contribution in [0.4, 0.5) is 4.79 Å². The van der Waals surface area contributed by atoms with Crippen LogP contribution in [0.2, 0.25) is 0 Å². The molecule has 5 nitrogen and oxygen atoms in total. The van der Waals surface area contributed by atoms with Crippen LogP contribution in [0.1, 0.15) is 46.2 Å². The summed E-state index contributed by atoms with van der Waals surface area (Å²) < 4.78 is 5.58. The van der Waals surface area contributed by atoms with Gasteiger partial charge in [-0.1, -0.05) is 66.7 Å². The Bertz CT molecular complexity index is 1090. The molecule has 0 aromatic heterocycles. The number of carboxylic acid groups (broad SMARTS) is 1. The van der Waals surface area contributed by atoms with Gasteiger partial charge in [-0.2, -0.15) is 0 Å². The van der Waals surface area contributed by atoms with Crippen LogP contribution in [0.5, 0.6) is 0 Å². The lowest BCUT2D eigenvalue weighted by Gasteiger charge is -2.20. The maximum atomic E-state index is 12.6. The van der Waals surface area contributed by atoms with Crippen molar-refractivity contribution in [2.24, 2.45) is 0 Å². The minimum atomic E-state index is -0.984. The predicted octanol–water partition coefficient (Wildman–Crippen LogP) is 5.36. The molecule has 0 saturated carbocycles. The van der Waals surface area contributed by atoms with Crippen molar-refractivity contribution in [1.29, 1.82) is 0 Å². The Morgan fingerprint density at radius 3 is 2.13 bits per heavy atom. The van der Waals surface area contributed by atoms with Crippen LogP contribution in [0.25, 0.3) is 11.1 Å². The molecule has 0 heterocycles. The van der Waals surface area contributed by atoms with Crippen LogP contribution < -0.4 is 5.32 Å². The standard InChI is InChI=1S/C26H25NO4/c1-16-11-12-18(13-17(16)2)24(14-25(28)29)27-26(30)31-15-23-21-9-5-3-7-19(21)20-8-4-6-10-22(20)23/h3-13,23-24H,14-15H2,1-2H3,(H,27,30)(H,28,29)/t24-/m0/s1. The van der Waals surface area contributed by atoms with Crippen molar-refractivity contribution in [1.82, 2.24) is 5.32 Å². The van der Waals surface area contributed by atoms with Gasteiger partial charge in [-0.15, -0.1) is 0 Å². The normalized spacial score (nSPS) is 13.2. The van der Waals surface area contributed by atoms with Crippen molar-refractivity contribution in [2.75, 3.05) is 6.61 Å². The highest BCUT2D eigenvalue weighted by atomic mass is 16.5. The molecular formula is C26H25NO4. The summed E-state index contributed by atoms with van der Waals surface area (Å²) in [5.74, 6) is -1.03. The first-order valence-corrected chi connectivity index (χ1v) is 10.3. The molecule has 0 radical (unpaired) electrons. The van der Waals surface area contributed by atoms with Gasteiger partial charge in [0.05, 0.1) is 12.5 Å². The highest BCUT2D eigenvalue weighted by Crippen LogP contribution is 2.44. The molecule has 31 heavy (non-hydrogen) atoms. The Balaban J connectivity index is 1.49. The summed E-state index contributed by atoms with van der Waals surface area (Å²) >= 11 is 0. The molecule has 0 saturated heterocycles. The van der Waals surface area contributed by atoms with Crippen molar-refractivity contribution in [3.05, 3.63) is 94.5 Å². The minimum Gasteiger partial charge on any atom is -0.481 e. The highest BCUT2D eigenvalue weighted by molar-refractivity contribution is 5.79. The van der Waals surface area contributed by atoms with E-state index < -0.39 is 18.1 Å². The second kappa shape index (κ2) is 8.64. The number of carbonyl (C=O) groups is 2. The monoisotopic (exact) mass is 415 g/mol. The predicted molar refractivity (Wildman–Crippen MR) is 119 cm³/mol. The van der Waals surface area contributed by atoms with Crippen LogP contribution >= 0.6 is 0 Å². The lowest BCUT2D eigenvalue weighted by Crippen LogP contribution is -2.31. The molecule has 0 aliphatic heterocycles. The fraction of sp³-hybridized carbons (Fsp3) is 0.231. The van der Waals surface area contributed by atoms with Gasteiger partial charge >= 0.3 is 12.1 Å². The van der Waals surface area contributed by atoms with Gasteiger partial charge in [0.15, 0.2) is 0 Å². The van der Waals surface area contributed by atoms with E-state index in [1.165, 1.54) is 0 Å². The Morgan fingerprint density at radius 1 is 0.935 bits per heavy atom. The third-order valence-electron chi connectivity index (χ3n) is 5.95. The second-order valence-electron chi connectivity index (χ2n) is 7.96. The number of ether oxygens (including phenoxy) is 1. The summed E-state index contributed by atoms with van der Waals surface area (Å²) in [4.78, 5) is 24.0. The number of aryl methyl sites for hydroxylation is 2. The highest BCUT2D eigenvalue weighted by Gasteiger charge is 2.29. The lowest BCUT2D eigenvalue weighted by molar-refractivity contribution is -0.137. The average molecular weight is 415 g/mol. The average Bonchev–Trinajstić information content (AvgIpc) is 3.07. The number of alkyl carbamates (subject to hydrolysis) is 1. The first-order valence-electron chi connectivity index (χ1n) is 10.3. The fourth-order valence-corrected chi connectivity index (χ4v) is 4.19. The van der Waals surface area contributed by atoms with Crippen molar-refractivity contribution in [2.45, 2.75) is 32.2 Å². The van der Waals surface area contributed by atoms with Gasteiger partial charge in [0.25, 0.3) is 0 Å². The van der Waals surface area contributed by atoms with E-state index in [1.807, 2.05) is 56.3 Å². The third kappa shape index (κ3) is 4.31. The molecule has 5 heteroatoms. The van der Waals surface area contributed by atoms with Crippen molar-refractivity contribution in [3.63, 3.8) is 0 Å². The zero-order chi connectivity index (χ0) is 22.0. The van der Waals surface area contributed by atoms with Crippen molar-refractivity contribution >= 4 is 12.1 Å².